The molecule has 0 aliphatic carbocycles. The molecule has 1 saturated heterocycles. The Labute approximate surface area is 189 Å². The summed E-state index contributed by atoms with van der Waals surface area (Å²) in [6.45, 7) is 1.29. The highest BCUT2D eigenvalue weighted by molar-refractivity contribution is 6.04. The first kappa shape index (κ1) is 21.1. The summed E-state index contributed by atoms with van der Waals surface area (Å²) in [5.74, 6) is 0.190. The lowest BCUT2D eigenvalue weighted by Crippen LogP contribution is -2.38. The predicted molar refractivity (Wildman–Crippen MR) is 122 cm³/mol. The summed E-state index contributed by atoms with van der Waals surface area (Å²) in [6, 6.07) is 10.8. The minimum Gasteiger partial charge on any atom is -0.389 e. The molecule has 10 nitrogen and oxygen atoms in total. The van der Waals surface area contributed by atoms with Crippen molar-refractivity contribution in [1.82, 2.24) is 29.3 Å². The van der Waals surface area contributed by atoms with Crippen LogP contribution in [0.15, 0.2) is 48.8 Å². The second-order valence-electron chi connectivity index (χ2n) is 8.49. The van der Waals surface area contributed by atoms with Crippen LogP contribution in [0.5, 0.6) is 0 Å². The average molecular weight is 447 g/mol. The molecular formula is C23H25N7O3. The molecule has 0 radical (unpaired) electrons. The molecule has 1 aromatic carbocycles. The monoisotopic (exact) mass is 447 g/mol. The van der Waals surface area contributed by atoms with Gasteiger partial charge in [0.15, 0.2) is 0 Å². The summed E-state index contributed by atoms with van der Waals surface area (Å²) in [6.07, 6.45) is 2.56. The number of likely N-dealkylation sites (tertiary alicyclic amines) is 1. The third-order valence-electron chi connectivity index (χ3n) is 6.11. The van der Waals surface area contributed by atoms with Crippen molar-refractivity contribution < 1.29 is 14.7 Å². The van der Waals surface area contributed by atoms with Gasteiger partial charge in [-0.2, -0.15) is 0 Å². The summed E-state index contributed by atoms with van der Waals surface area (Å²) in [4.78, 5) is 40.4. The Morgan fingerprint density at radius 2 is 2.06 bits per heavy atom. The number of rotatable bonds is 6. The molecule has 170 valence electrons. The lowest BCUT2D eigenvalue weighted by Gasteiger charge is -2.21. The minimum absolute atomic E-state index is 0.0718. The maximum absolute atomic E-state index is 12.9. The van der Waals surface area contributed by atoms with Crippen molar-refractivity contribution in [1.29, 1.82) is 0 Å². The van der Waals surface area contributed by atoms with Gasteiger partial charge in [-0.25, -0.2) is 9.97 Å². The number of amides is 2. The number of carbonyl (C=O) groups is 2. The van der Waals surface area contributed by atoms with Crippen LogP contribution in [0.2, 0.25) is 0 Å². The van der Waals surface area contributed by atoms with Gasteiger partial charge in [0.25, 0.3) is 0 Å². The van der Waals surface area contributed by atoms with Gasteiger partial charge >= 0.3 is 0 Å². The van der Waals surface area contributed by atoms with Crippen LogP contribution < -0.4 is 5.73 Å². The number of nitrogens with zero attached hydrogens (tertiary/aromatic N) is 5. The number of nitrogens with one attached hydrogen (secondary N) is 1. The third kappa shape index (κ3) is 3.94. The van der Waals surface area contributed by atoms with E-state index >= 15 is 0 Å². The van der Waals surface area contributed by atoms with Crippen molar-refractivity contribution in [3.63, 3.8) is 0 Å². The van der Waals surface area contributed by atoms with Crippen molar-refractivity contribution in [2.24, 2.45) is 5.73 Å². The van der Waals surface area contributed by atoms with Crippen LogP contribution >= 0.6 is 0 Å². The number of aromatic amines is 1. The fourth-order valence-electron chi connectivity index (χ4n) is 4.51. The van der Waals surface area contributed by atoms with E-state index in [1.54, 1.807) is 23.2 Å². The number of H-pyrrole nitrogens is 1. The summed E-state index contributed by atoms with van der Waals surface area (Å²) < 4.78 is 1.82. The van der Waals surface area contributed by atoms with Gasteiger partial charge in [0.1, 0.15) is 11.5 Å². The number of para-hydroxylation sites is 2. The average Bonchev–Trinajstić information content (AvgIpc) is 3.48. The number of aromatic nitrogens is 4. The zero-order valence-corrected chi connectivity index (χ0v) is 18.2. The smallest absolute Gasteiger partial charge is 0.249 e. The molecule has 1 fully saturated rings. The van der Waals surface area contributed by atoms with Gasteiger partial charge in [-0.3, -0.25) is 14.5 Å². The lowest BCUT2D eigenvalue weighted by molar-refractivity contribution is -0.131. The first-order valence-electron chi connectivity index (χ1n) is 10.7. The molecule has 10 heteroatoms. The van der Waals surface area contributed by atoms with E-state index in [1.807, 2.05) is 40.8 Å². The number of aliphatic hydroxyl groups is 1. The number of β-amino-alcohol motifs (C(OH)–C–C–N with tert-alkyl or cyclic N) is 1. The first-order valence-corrected chi connectivity index (χ1v) is 10.7. The number of likely N-dealkylation sites (N-methyl/N-ethyl adjacent to an activating group) is 1. The van der Waals surface area contributed by atoms with Gasteiger partial charge in [0, 0.05) is 30.9 Å². The van der Waals surface area contributed by atoms with Crippen LogP contribution in [-0.4, -0.2) is 79.0 Å². The van der Waals surface area contributed by atoms with Crippen molar-refractivity contribution in [3.8, 4) is 0 Å². The maximum atomic E-state index is 12.9. The second-order valence-corrected chi connectivity index (χ2v) is 8.49. The molecule has 2 amide bonds. The Bertz CT molecular complexity index is 1310. The van der Waals surface area contributed by atoms with Crippen molar-refractivity contribution in [2.75, 3.05) is 26.7 Å². The van der Waals surface area contributed by atoms with Crippen LogP contribution in [0, 0.1) is 0 Å². The van der Waals surface area contributed by atoms with Crippen LogP contribution in [0.1, 0.15) is 22.2 Å². The summed E-state index contributed by atoms with van der Waals surface area (Å²) in [5, 5.41) is 11.3. The Morgan fingerprint density at radius 3 is 2.85 bits per heavy atom. The number of nitrogens with two attached hydrogens (primary N) is 1. The van der Waals surface area contributed by atoms with Crippen LogP contribution in [0.4, 0.5) is 0 Å². The third-order valence-corrected chi connectivity index (χ3v) is 6.11. The molecule has 4 heterocycles. The molecule has 3 aromatic heterocycles. The molecule has 5 rings (SSSR count). The molecular weight excluding hydrogens is 422 g/mol. The molecule has 0 saturated carbocycles. The van der Waals surface area contributed by atoms with E-state index in [0.29, 0.717) is 29.7 Å². The molecule has 4 aromatic rings. The molecule has 4 N–H and O–H groups in total. The largest absolute Gasteiger partial charge is 0.389 e. The van der Waals surface area contributed by atoms with Crippen molar-refractivity contribution in [3.05, 3.63) is 60.2 Å². The quantitative estimate of drug-likeness (QED) is 0.402. The highest BCUT2D eigenvalue weighted by atomic mass is 16.3. The van der Waals surface area contributed by atoms with Gasteiger partial charge in [0.05, 0.1) is 41.8 Å². The number of hydrogen-bond donors (Lipinski definition) is 3. The van der Waals surface area contributed by atoms with Gasteiger partial charge in [-0.1, -0.05) is 12.1 Å². The van der Waals surface area contributed by atoms with Gasteiger partial charge < -0.3 is 25.3 Å². The highest BCUT2D eigenvalue weighted by Crippen LogP contribution is 2.28. The molecule has 33 heavy (non-hydrogen) atoms. The van der Waals surface area contributed by atoms with E-state index in [0.717, 1.165) is 16.9 Å². The normalized spacial score (nSPS) is 18.6. The second kappa shape index (κ2) is 8.30. The Hall–Kier alpha value is -3.76. The van der Waals surface area contributed by atoms with E-state index in [-0.39, 0.29) is 25.0 Å². The Morgan fingerprint density at radius 1 is 1.24 bits per heavy atom. The SMILES string of the molecule is CN(CC(=O)N1C[C@@H](O)[C@H](n2ccc3c(C(N)=O)ccnc32)C1)Cc1nc2ccccc2[nH]1. The standard InChI is InChI=1S/C23H25N7O3/c1-28(12-20-26-16-4-2-3-5-17(16)27-20)13-21(32)29-10-18(19(31)11-29)30-9-7-15-14(22(24)33)6-8-25-23(15)30/h2-9,18-19,31H,10-13H2,1H3,(H2,24,33)(H,26,27)/t18-,19-/m1/s1. The molecule has 0 unspecified atom stereocenters. The van der Waals surface area contributed by atoms with Crippen molar-refractivity contribution >= 4 is 33.9 Å². The van der Waals surface area contributed by atoms with Crippen LogP contribution in [-0.2, 0) is 11.3 Å². The van der Waals surface area contributed by atoms with E-state index in [1.165, 1.54) is 6.20 Å². The van der Waals surface area contributed by atoms with E-state index in [4.69, 9.17) is 5.73 Å². The topological polar surface area (TPSA) is 133 Å². The number of fused-ring (bicyclic) bond motifs is 2. The molecule has 1 aliphatic rings. The van der Waals surface area contributed by atoms with E-state index < -0.39 is 12.0 Å². The Kier molecular flexibility index (Phi) is 5.31. The van der Waals surface area contributed by atoms with Gasteiger partial charge in [0.2, 0.25) is 11.8 Å². The highest BCUT2D eigenvalue weighted by Gasteiger charge is 2.36. The number of pyridine rings is 1. The number of hydrogen-bond acceptors (Lipinski definition) is 6. The van der Waals surface area contributed by atoms with Crippen LogP contribution in [0.25, 0.3) is 22.1 Å². The minimum atomic E-state index is -0.746. The predicted octanol–water partition coefficient (Wildman–Crippen LogP) is 0.888. The molecule has 0 bridgehead atoms. The zero-order valence-electron chi connectivity index (χ0n) is 18.2. The number of carbonyl (C=O) groups excluding carboxylic acids is 2. The number of imidazole rings is 1. The van der Waals surface area contributed by atoms with Crippen LogP contribution in [0.3, 0.4) is 0 Å². The molecule has 0 spiro atoms. The number of aliphatic hydroxyl groups excluding tert-OH is 1. The summed E-state index contributed by atoms with van der Waals surface area (Å²) >= 11 is 0. The molecule has 2 atom stereocenters. The lowest BCUT2D eigenvalue weighted by atomic mass is 10.2. The number of benzene rings is 1. The fourth-order valence-corrected chi connectivity index (χ4v) is 4.51. The summed E-state index contributed by atoms with van der Waals surface area (Å²) in [7, 11) is 1.86. The maximum Gasteiger partial charge on any atom is 0.249 e. The summed E-state index contributed by atoms with van der Waals surface area (Å²) in [5.41, 5.74) is 8.26. The van der Waals surface area contributed by atoms with E-state index in [9.17, 15) is 14.7 Å². The zero-order chi connectivity index (χ0) is 23.1. The van der Waals surface area contributed by atoms with Crippen molar-refractivity contribution in [2.45, 2.75) is 18.7 Å². The van der Waals surface area contributed by atoms with Gasteiger partial charge in [-0.05, 0) is 31.3 Å². The first-order chi connectivity index (χ1) is 15.9. The van der Waals surface area contributed by atoms with E-state index in [2.05, 4.69) is 15.0 Å². The Balaban J connectivity index is 1.27. The van der Waals surface area contributed by atoms with Gasteiger partial charge in [-0.15, -0.1) is 0 Å². The fraction of sp³-hybridized carbons (Fsp3) is 0.304. The number of primary amides is 1. The molecule has 1 aliphatic heterocycles.